The number of hydrogen-bond donors (Lipinski definition) is 1. The van der Waals surface area contributed by atoms with Crippen molar-refractivity contribution in [1.29, 1.82) is 0 Å². The average Bonchev–Trinajstić information content (AvgIpc) is 3.35. The summed E-state index contributed by atoms with van der Waals surface area (Å²) in [5.41, 5.74) is 1.73. The van der Waals surface area contributed by atoms with Gasteiger partial charge in [0.1, 0.15) is 6.42 Å². The van der Waals surface area contributed by atoms with E-state index < -0.39 is 18.5 Å². The fourth-order valence-electron chi connectivity index (χ4n) is 4.47. The van der Waals surface area contributed by atoms with E-state index in [1.807, 2.05) is 24.3 Å². The molecule has 0 unspecified atom stereocenters. The lowest BCUT2D eigenvalue weighted by Crippen LogP contribution is -2.39. The molecule has 2 aromatic rings. The molecule has 0 spiro atoms. The number of amides is 2. The number of rotatable bonds is 5. The first-order valence-electron chi connectivity index (χ1n) is 11.1. The molecule has 2 amide bonds. The molecule has 2 aliphatic heterocycles. The second kappa shape index (κ2) is 9.86. The number of halogens is 3. The molecule has 33 heavy (non-hydrogen) atoms. The molecule has 0 saturated carbocycles. The number of carbonyl (C=O) groups is 2. The van der Waals surface area contributed by atoms with E-state index in [2.05, 4.69) is 15.5 Å². The Balaban J connectivity index is 1.45. The van der Waals surface area contributed by atoms with Crippen LogP contribution >= 0.6 is 0 Å². The summed E-state index contributed by atoms with van der Waals surface area (Å²) in [5, 5.41) is 11.3. The Bertz CT molecular complexity index is 954. The fraction of sp³-hybridized carbons (Fsp3) is 0.478. The zero-order chi connectivity index (χ0) is 23.4. The molecule has 0 aliphatic carbocycles. The van der Waals surface area contributed by atoms with Crippen LogP contribution in [-0.2, 0) is 9.59 Å². The summed E-state index contributed by atoms with van der Waals surface area (Å²) in [5.74, 6) is -0.432. The SMILES string of the molecule is O=C(CC(F)(F)F)N1CCC(c2ccc(N(C(=O)[C@H]3CCNC3)c3cccnn3)cc2)CC1. The van der Waals surface area contributed by atoms with Gasteiger partial charge in [0.2, 0.25) is 11.8 Å². The number of aromatic nitrogens is 2. The molecule has 2 fully saturated rings. The maximum atomic E-state index is 13.2. The largest absolute Gasteiger partial charge is 0.397 e. The molecule has 4 rings (SSSR count). The van der Waals surface area contributed by atoms with Gasteiger partial charge < -0.3 is 10.2 Å². The van der Waals surface area contributed by atoms with Crippen molar-refractivity contribution in [1.82, 2.24) is 20.4 Å². The number of piperidine rings is 1. The smallest absolute Gasteiger partial charge is 0.342 e. The van der Waals surface area contributed by atoms with Crippen molar-refractivity contribution in [2.45, 2.75) is 37.8 Å². The van der Waals surface area contributed by atoms with Gasteiger partial charge in [0.15, 0.2) is 5.82 Å². The molecule has 0 radical (unpaired) electrons. The summed E-state index contributed by atoms with van der Waals surface area (Å²) >= 11 is 0. The van der Waals surface area contributed by atoms with Crippen LogP contribution in [0, 0.1) is 5.92 Å². The number of alkyl halides is 3. The van der Waals surface area contributed by atoms with E-state index in [1.165, 1.54) is 4.90 Å². The topological polar surface area (TPSA) is 78.4 Å². The summed E-state index contributed by atoms with van der Waals surface area (Å²) < 4.78 is 37.5. The number of hydrogen-bond acceptors (Lipinski definition) is 5. The maximum absolute atomic E-state index is 13.2. The van der Waals surface area contributed by atoms with E-state index >= 15 is 0 Å². The second-order valence-corrected chi connectivity index (χ2v) is 8.48. The van der Waals surface area contributed by atoms with Gasteiger partial charge in [0.25, 0.3) is 0 Å². The first-order chi connectivity index (χ1) is 15.8. The predicted molar refractivity (Wildman–Crippen MR) is 116 cm³/mol. The van der Waals surface area contributed by atoms with Crippen molar-refractivity contribution >= 4 is 23.3 Å². The quantitative estimate of drug-likeness (QED) is 0.739. The normalized spacial score (nSPS) is 19.5. The van der Waals surface area contributed by atoms with Gasteiger partial charge in [-0.25, -0.2) is 0 Å². The summed E-state index contributed by atoms with van der Waals surface area (Å²) in [4.78, 5) is 28.0. The van der Waals surface area contributed by atoms with Gasteiger partial charge in [-0.1, -0.05) is 12.1 Å². The predicted octanol–water partition coefficient (Wildman–Crippen LogP) is 3.41. The molecule has 0 bridgehead atoms. The van der Waals surface area contributed by atoms with Gasteiger partial charge in [-0.05, 0) is 61.6 Å². The Kier molecular flexibility index (Phi) is 6.92. The second-order valence-electron chi connectivity index (χ2n) is 8.48. The van der Waals surface area contributed by atoms with Crippen molar-refractivity contribution in [3.8, 4) is 0 Å². The lowest BCUT2D eigenvalue weighted by Gasteiger charge is -2.32. The third-order valence-electron chi connectivity index (χ3n) is 6.24. The Morgan fingerprint density at radius 1 is 1.09 bits per heavy atom. The molecule has 1 aromatic carbocycles. The van der Waals surface area contributed by atoms with E-state index in [1.54, 1.807) is 23.2 Å². The number of nitrogens with zero attached hydrogens (tertiary/aromatic N) is 4. The third kappa shape index (κ3) is 5.68. The monoisotopic (exact) mass is 461 g/mol. The minimum absolute atomic E-state index is 0.0373. The number of anilines is 2. The molecule has 2 saturated heterocycles. The van der Waals surface area contributed by atoms with Gasteiger partial charge in [0, 0.05) is 25.8 Å². The Hall–Kier alpha value is -3.01. The molecule has 2 aliphatic rings. The Morgan fingerprint density at radius 3 is 2.39 bits per heavy atom. The van der Waals surface area contributed by atoms with Crippen LogP contribution in [0.3, 0.4) is 0 Å². The van der Waals surface area contributed by atoms with Gasteiger partial charge >= 0.3 is 6.18 Å². The molecule has 1 aromatic heterocycles. The molecule has 1 N–H and O–H groups in total. The highest BCUT2D eigenvalue weighted by Gasteiger charge is 2.35. The van der Waals surface area contributed by atoms with Crippen LogP contribution in [0.5, 0.6) is 0 Å². The summed E-state index contributed by atoms with van der Waals surface area (Å²) in [6.45, 7) is 2.04. The van der Waals surface area contributed by atoms with Crippen LogP contribution in [0.2, 0.25) is 0 Å². The average molecular weight is 461 g/mol. The molecular formula is C23H26F3N5O2. The number of benzene rings is 1. The van der Waals surface area contributed by atoms with Crippen LogP contribution in [-0.4, -0.2) is 59.3 Å². The third-order valence-corrected chi connectivity index (χ3v) is 6.24. The van der Waals surface area contributed by atoms with Gasteiger partial charge in [0.05, 0.1) is 11.6 Å². The van der Waals surface area contributed by atoms with Crippen molar-refractivity contribution in [3.63, 3.8) is 0 Å². The zero-order valence-electron chi connectivity index (χ0n) is 18.1. The molecular weight excluding hydrogens is 435 g/mol. The lowest BCUT2D eigenvalue weighted by atomic mass is 9.89. The molecule has 10 heteroatoms. The number of likely N-dealkylation sites (tertiary alicyclic amines) is 1. The van der Waals surface area contributed by atoms with Crippen LogP contribution in [0.15, 0.2) is 42.6 Å². The minimum atomic E-state index is -4.48. The van der Waals surface area contributed by atoms with E-state index in [0.717, 1.165) is 18.5 Å². The van der Waals surface area contributed by atoms with Crippen LogP contribution in [0.25, 0.3) is 0 Å². The van der Waals surface area contributed by atoms with Crippen LogP contribution < -0.4 is 10.2 Å². The Morgan fingerprint density at radius 2 is 1.82 bits per heavy atom. The highest BCUT2D eigenvalue weighted by molar-refractivity contribution is 6.01. The van der Waals surface area contributed by atoms with Gasteiger partial charge in [-0.3, -0.25) is 14.5 Å². The van der Waals surface area contributed by atoms with Crippen LogP contribution in [0.1, 0.15) is 37.2 Å². The zero-order valence-corrected chi connectivity index (χ0v) is 18.1. The van der Waals surface area contributed by atoms with E-state index in [-0.39, 0.29) is 17.7 Å². The van der Waals surface area contributed by atoms with Gasteiger partial charge in [-0.2, -0.15) is 18.3 Å². The van der Waals surface area contributed by atoms with Crippen molar-refractivity contribution < 1.29 is 22.8 Å². The van der Waals surface area contributed by atoms with E-state index in [4.69, 9.17) is 0 Å². The number of carbonyl (C=O) groups excluding carboxylic acids is 2. The minimum Gasteiger partial charge on any atom is -0.342 e. The summed E-state index contributed by atoms with van der Waals surface area (Å²) in [6.07, 6.45) is -2.37. The lowest BCUT2D eigenvalue weighted by molar-refractivity contribution is -0.162. The van der Waals surface area contributed by atoms with Crippen LogP contribution in [0.4, 0.5) is 24.7 Å². The Labute approximate surface area is 190 Å². The summed E-state index contributed by atoms with van der Waals surface area (Å²) in [7, 11) is 0. The molecule has 7 nitrogen and oxygen atoms in total. The first-order valence-corrected chi connectivity index (χ1v) is 11.1. The fourth-order valence-corrected chi connectivity index (χ4v) is 4.47. The summed E-state index contributed by atoms with van der Waals surface area (Å²) in [6, 6.07) is 11.1. The standard InChI is InChI=1S/C23H26F3N5O2/c24-23(25,26)14-21(32)30-12-8-17(9-13-30)16-3-5-19(6-4-16)31(20-2-1-10-28-29-20)22(33)18-7-11-27-15-18/h1-6,10,17-18,27H,7-9,11-15H2/t18-/m0/s1. The molecule has 1 atom stereocenters. The first kappa shape index (κ1) is 23.2. The van der Waals surface area contributed by atoms with Crippen molar-refractivity contribution in [3.05, 3.63) is 48.2 Å². The van der Waals surface area contributed by atoms with E-state index in [9.17, 15) is 22.8 Å². The van der Waals surface area contributed by atoms with Crippen molar-refractivity contribution in [2.75, 3.05) is 31.1 Å². The van der Waals surface area contributed by atoms with Gasteiger partial charge in [-0.15, -0.1) is 5.10 Å². The van der Waals surface area contributed by atoms with Crippen molar-refractivity contribution in [2.24, 2.45) is 5.92 Å². The highest BCUT2D eigenvalue weighted by atomic mass is 19.4. The molecule has 3 heterocycles. The maximum Gasteiger partial charge on any atom is 0.397 e. The van der Waals surface area contributed by atoms with E-state index in [0.29, 0.717) is 44.0 Å². The number of nitrogens with one attached hydrogen (secondary N) is 1. The highest BCUT2D eigenvalue weighted by Crippen LogP contribution is 2.33. The molecule has 176 valence electrons.